The predicted molar refractivity (Wildman–Crippen MR) is 105 cm³/mol. The Bertz CT molecular complexity index is 1050. The summed E-state index contributed by atoms with van der Waals surface area (Å²) in [6.07, 6.45) is -0.540. The lowest BCUT2D eigenvalue weighted by molar-refractivity contribution is 0.0594. The first kappa shape index (κ1) is 19.6. The Balaban J connectivity index is 1.90. The third-order valence-corrected chi connectivity index (χ3v) is 4.43. The average molecular weight is 403 g/mol. The van der Waals surface area contributed by atoms with Gasteiger partial charge in [-0.15, -0.1) is 0 Å². The first-order chi connectivity index (χ1) is 13.4. The van der Waals surface area contributed by atoms with Gasteiger partial charge in [0.1, 0.15) is 11.3 Å². The maximum absolute atomic E-state index is 11.8. The van der Waals surface area contributed by atoms with Crippen LogP contribution in [0.15, 0.2) is 30.3 Å². The molecule has 28 heavy (non-hydrogen) atoms. The summed E-state index contributed by atoms with van der Waals surface area (Å²) in [5, 5.41) is 3.08. The number of benzene rings is 1. The number of halogens is 1. The number of nitrogens with one attached hydrogen (secondary N) is 1. The molecule has 0 bridgehead atoms. The van der Waals surface area contributed by atoms with Crippen molar-refractivity contribution in [2.24, 2.45) is 0 Å². The van der Waals surface area contributed by atoms with Crippen molar-refractivity contribution in [3.63, 3.8) is 0 Å². The van der Waals surface area contributed by atoms with Gasteiger partial charge in [-0.3, -0.25) is 5.32 Å². The van der Waals surface area contributed by atoms with Crippen molar-refractivity contribution in [2.75, 3.05) is 19.0 Å². The summed E-state index contributed by atoms with van der Waals surface area (Å²) in [5.41, 5.74) is 2.78. The average Bonchev–Trinajstić information content (AvgIpc) is 2.98. The molecule has 146 valence electrons. The normalized spacial score (nSPS) is 10.7. The number of anilines is 1. The molecule has 3 aromatic rings. The van der Waals surface area contributed by atoms with Crippen LogP contribution in [0.1, 0.15) is 28.8 Å². The summed E-state index contributed by atoms with van der Waals surface area (Å²) in [5.74, 6) is 0.217. The van der Waals surface area contributed by atoms with Crippen molar-refractivity contribution in [2.45, 2.75) is 20.4 Å². The molecule has 2 heterocycles. The van der Waals surface area contributed by atoms with E-state index >= 15 is 0 Å². The SMILES string of the molecule is CCOC(=O)Nc1ccc(Cn2c(C)nc3ccc(C(=O)OC)nc32)c(Cl)c1. The Kier molecular flexibility index (Phi) is 5.79. The molecule has 0 aliphatic heterocycles. The fourth-order valence-electron chi connectivity index (χ4n) is 2.73. The Hall–Kier alpha value is -3.13. The molecule has 1 amide bonds. The van der Waals surface area contributed by atoms with Gasteiger partial charge in [0.15, 0.2) is 11.3 Å². The van der Waals surface area contributed by atoms with E-state index in [0.29, 0.717) is 28.4 Å². The molecule has 9 heteroatoms. The number of rotatable bonds is 5. The van der Waals surface area contributed by atoms with E-state index in [1.54, 1.807) is 37.3 Å². The molecule has 3 rings (SSSR count). The summed E-state index contributed by atoms with van der Waals surface area (Å²) < 4.78 is 11.5. The number of aromatic nitrogens is 3. The third-order valence-electron chi connectivity index (χ3n) is 4.08. The maximum Gasteiger partial charge on any atom is 0.411 e. The fraction of sp³-hybridized carbons (Fsp3) is 0.263. The third kappa shape index (κ3) is 4.07. The quantitative estimate of drug-likeness (QED) is 0.652. The van der Waals surface area contributed by atoms with Crippen LogP contribution in [0, 0.1) is 6.92 Å². The smallest absolute Gasteiger partial charge is 0.411 e. The van der Waals surface area contributed by atoms with Gasteiger partial charge in [-0.25, -0.2) is 19.6 Å². The number of esters is 1. The van der Waals surface area contributed by atoms with E-state index in [9.17, 15) is 9.59 Å². The zero-order valence-corrected chi connectivity index (χ0v) is 16.4. The number of ether oxygens (including phenoxy) is 2. The van der Waals surface area contributed by atoms with Crippen LogP contribution in [0.25, 0.3) is 11.2 Å². The highest BCUT2D eigenvalue weighted by Crippen LogP contribution is 2.24. The number of hydrogen-bond acceptors (Lipinski definition) is 6. The van der Waals surface area contributed by atoms with Crippen LogP contribution in [0.3, 0.4) is 0 Å². The van der Waals surface area contributed by atoms with E-state index in [4.69, 9.17) is 21.1 Å². The number of hydrogen-bond donors (Lipinski definition) is 1. The number of methoxy groups -OCH3 is 1. The lowest BCUT2D eigenvalue weighted by Gasteiger charge is -2.11. The number of carbonyl (C=O) groups is 2. The first-order valence-corrected chi connectivity index (χ1v) is 8.95. The number of amides is 1. The molecule has 1 N–H and O–H groups in total. The Morgan fingerprint density at radius 3 is 2.68 bits per heavy atom. The van der Waals surface area contributed by atoms with E-state index in [2.05, 4.69) is 15.3 Å². The van der Waals surface area contributed by atoms with Crippen LogP contribution in [0.5, 0.6) is 0 Å². The van der Waals surface area contributed by atoms with E-state index in [1.165, 1.54) is 7.11 Å². The van der Waals surface area contributed by atoms with Crippen molar-refractivity contribution in [1.29, 1.82) is 0 Å². The molecule has 0 radical (unpaired) electrons. The minimum absolute atomic E-state index is 0.205. The highest BCUT2D eigenvalue weighted by molar-refractivity contribution is 6.31. The van der Waals surface area contributed by atoms with Crippen molar-refractivity contribution >= 4 is 40.5 Å². The van der Waals surface area contributed by atoms with Crippen molar-refractivity contribution in [3.05, 3.63) is 52.4 Å². The zero-order valence-electron chi connectivity index (χ0n) is 15.7. The number of imidazole rings is 1. The second-order valence-corrected chi connectivity index (χ2v) is 6.33. The molecule has 2 aromatic heterocycles. The molecule has 8 nitrogen and oxygen atoms in total. The molecule has 0 spiro atoms. The molecule has 0 atom stereocenters. The summed E-state index contributed by atoms with van der Waals surface area (Å²) >= 11 is 6.39. The topological polar surface area (TPSA) is 95.3 Å². The largest absolute Gasteiger partial charge is 0.464 e. The number of pyridine rings is 1. The van der Waals surface area contributed by atoms with Gasteiger partial charge >= 0.3 is 12.1 Å². The zero-order chi connectivity index (χ0) is 20.3. The standard InChI is InChI=1S/C19H19ClN4O4/c1-4-28-19(26)22-13-6-5-12(14(20)9-13)10-24-11(2)21-15-7-8-16(18(25)27-3)23-17(15)24/h5-9H,4,10H2,1-3H3,(H,22,26). The van der Waals surface area contributed by atoms with Crippen molar-refractivity contribution in [3.8, 4) is 0 Å². The second kappa shape index (κ2) is 8.26. The molecule has 0 saturated heterocycles. The van der Waals surface area contributed by atoms with E-state index in [1.807, 2.05) is 11.5 Å². The molecular weight excluding hydrogens is 384 g/mol. The highest BCUT2D eigenvalue weighted by Gasteiger charge is 2.15. The van der Waals surface area contributed by atoms with Crippen LogP contribution in [-0.2, 0) is 16.0 Å². The van der Waals surface area contributed by atoms with Crippen LogP contribution in [0.4, 0.5) is 10.5 Å². The number of carbonyl (C=O) groups excluding carboxylic acids is 2. The number of aryl methyl sites for hydroxylation is 1. The van der Waals surface area contributed by atoms with Gasteiger partial charge in [0.2, 0.25) is 0 Å². The van der Waals surface area contributed by atoms with Crippen LogP contribution >= 0.6 is 11.6 Å². The van der Waals surface area contributed by atoms with E-state index in [-0.39, 0.29) is 12.3 Å². The number of fused-ring (bicyclic) bond motifs is 1. The predicted octanol–water partition coefficient (Wildman–Crippen LogP) is 3.80. The van der Waals surface area contributed by atoms with Crippen molar-refractivity contribution in [1.82, 2.24) is 14.5 Å². The molecule has 0 fully saturated rings. The summed E-state index contributed by atoms with van der Waals surface area (Å²) in [6.45, 7) is 4.26. The Labute approximate surface area is 166 Å². The van der Waals surface area contributed by atoms with Crippen LogP contribution in [0.2, 0.25) is 5.02 Å². The Morgan fingerprint density at radius 1 is 1.21 bits per heavy atom. The maximum atomic E-state index is 11.8. The molecular formula is C19H19ClN4O4. The van der Waals surface area contributed by atoms with Gasteiger partial charge in [0.25, 0.3) is 0 Å². The van der Waals surface area contributed by atoms with Gasteiger partial charge in [-0.1, -0.05) is 17.7 Å². The lowest BCUT2D eigenvalue weighted by Crippen LogP contribution is -2.13. The van der Waals surface area contributed by atoms with Crippen LogP contribution in [-0.4, -0.2) is 40.3 Å². The number of nitrogens with zero attached hydrogens (tertiary/aromatic N) is 3. The first-order valence-electron chi connectivity index (χ1n) is 8.57. The second-order valence-electron chi connectivity index (χ2n) is 5.93. The highest BCUT2D eigenvalue weighted by atomic mass is 35.5. The fourth-order valence-corrected chi connectivity index (χ4v) is 2.97. The van der Waals surface area contributed by atoms with Crippen LogP contribution < -0.4 is 5.32 Å². The minimum atomic E-state index is -0.540. The van der Waals surface area contributed by atoms with Gasteiger partial charge in [-0.2, -0.15) is 0 Å². The van der Waals surface area contributed by atoms with Gasteiger partial charge in [-0.05, 0) is 43.7 Å². The summed E-state index contributed by atoms with van der Waals surface area (Å²) in [4.78, 5) is 32.2. The van der Waals surface area contributed by atoms with E-state index < -0.39 is 12.1 Å². The minimum Gasteiger partial charge on any atom is -0.464 e. The molecule has 0 aliphatic rings. The monoisotopic (exact) mass is 402 g/mol. The Morgan fingerprint density at radius 2 is 2.00 bits per heavy atom. The van der Waals surface area contributed by atoms with Crippen molar-refractivity contribution < 1.29 is 19.1 Å². The van der Waals surface area contributed by atoms with Gasteiger partial charge in [0.05, 0.1) is 20.3 Å². The van der Waals surface area contributed by atoms with E-state index in [0.717, 1.165) is 11.4 Å². The lowest BCUT2D eigenvalue weighted by atomic mass is 10.2. The molecule has 0 aliphatic carbocycles. The van der Waals surface area contributed by atoms with Gasteiger partial charge < -0.3 is 14.0 Å². The molecule has 1 aromatic carbocycles. The summed E-state index contributed by atoms with van der Waals surface area (Å²) in [7, 11) is 1.31. The molecule has 0 saturated carbocycles. The van der Waals surface area contributed by atoms with Gasteiger partial charge in [0, 0.05) is 10.7 Å². The molecule has 0 unspecified atom stereocenters. The summed E-state index contributed by atoms with van der Waals surface area (Å²) in [6, 6.07) is 8.49.